The SMILES string of the molecule is CCNCCC(=O)Nc1cc(Cl)nc(Cl)n1. The molecule has 88 valence electrons. The number of aromatic nitrogens is 2. The number of carbonyl (C=O) groups excluding carboxylic acids is 1. The average molecular weight is 263 g/mol. The predicted molar refractivity (Wildman–Crippen MR) is 63.8 cm³/mol. The molecule has 0 aliphatic heterocycles. The lowest BCUT2D eigenvalue weighted by molar-refractivity contribution is -0.116. The fraction of sp³-hybridized carbons (Fsp3) is 0.444. The van der Waals surface area contributed by atoms with Gasteiger partial charge in [0.15, 0.2) is 0 Å². The van der Waals surface area contributed by atoms with Crippen molar-refractivity contribution < 1.29 is 4.79 Å². The van der Waals surface area contributed by atoms with Crippen molar-refractivity contribution in [2.75, 3.05) is 18.4 Å². The number of amides is 1. The zero-order valence-electron chi connectivity index (χ0n) is 8.76. The van der Waals surface area contributed by atoms with Crippen molar-refractivity contribution in [3.05, 3.63) is 16.5 Å². The molecule has 0 aromatic carbocycles. The van der Waals surface area contributed by atoms with Gasteiger partial charge in [-0.15, -0.1) is 0 Å². The van der Waals surface area contributed by atoms with Crippen LogP contribution < -0.4 is 10.6 Å². The smallest absolute Gasteiger partial charge is 0.226 e. The van der Waals surface area contributed by atoms with E-state index in [1.807, 2.05) is 6.92 Å². The summed E-state index contributed by atoms with van der Waals surface area (Å²) in [6, 6.07) is 1.44. The molecule has 0 radical (unpaired) electrons. The molecule has 0 spiro atoms. The van der Waals surface area contributed by atoms with Gasteiger partial charge in [0.2, 0.25) is 11.2 Å². The van der Waals surface area contributed by atoms with Crippen LogP contribution >= 0.6 is 23.2 Å². The fourth-order valence-electron chi connectivity index (χ4n) is 1.04. The number of halogens is 2. The Bertz CT molecular complexity index is 352. The van der Waals surface area contributed by atoms with E-state index in [0.717, 1.165) is 6.54 Å². The standard InChI is InChI=1S/C9H12Cl2N4O/c1-2-12-4-3-8(16)14-7-5-6(10)13-9(11)15-7/h5,12H,2-4H2,1H3,(H,13,14,15,16). The first-order valence-electron chi connectivity index (χ1n) is 4.82. The first-order valence-corrected chi connectivity index (χ1v) is 5.58. The molecule has 0 aliphatic rings. The molecule has 0 aliphatic carbocycles. The van der Waals surface area contributed by atoms with Gasteiger partial charge in [0.25, 0.3) is 0 Å². The summed E-state index contributed by atoms with van der Waals surface area (Å²) >= 11 is 11.3. The van der Waals surface area contributed by atoms with E-state index in [-0.39, 0.29) is 16.3 Å². The highest BCUT2D eigenvalue weighted by molar-refractivity contribution is 6.32. The molecular weight excluding hydrogens is 251 g/mol. The van der Waals surface area contributed by atoms with Gasteiger partial charge in [0.05, 0.1) is 0 Å². The Morgan fingerprint density at radius 2 is 2.19 bits per heavy atom. The topological polar surface area (TPSA) is 66.9 Å². The summed E-state index contributed by atoms with van der Waals surface area (Å²) in [7, 11) is 0. The Morgan fingerprint density at radius 1 is 1.44 bits per heavy atom. The Hall–Kier alpha value is -0.910. The average Bonchev–Trinajstić information content (AvgIpc) is 2.16. The van der Waals surface area contributed by atoms with Crippen molar-refractivity contribution in [1.29, 1.82) is 0 Å². The minimum atomic E-state index is -0.146. The van der Waals surface area contributed by atoms with Crippen LogP contribution in [-0.2, 0) is 4.79 Å². The van der Waals surface area contributed by atoms with Crippen molar-refractivity contribution in [3.8, 4) is 0 Å². The third-order valence-corrected chi connectivity index (χ3v) is 2.08. The van der Waals surface area contributed by atoms with Crippen molar-refractivity contribution in [1.82, 2.24) is 15.3 Å². The third kappa shape index (κ3) is 4.74. The van der Waals surface area contributed by atoms with Crippen LogP contribution in [0.4, 0.5) is 5.82 Å². The molecule has 0 saturated carbocycles. The third-order valence-electron chi connectivity index (χ3n) is 1.71. The highest BCUT2D eigenvalue weighted by Gasteiger charge is 2.05. The first kappa shape index (κ1) is 13.2. The Morgan fingerprint density at radius 3 is 2.81 bits per heavy atom. The summed E-state index contributed by atoms with van der Waals surface area (Å²) in [4.78, 5) is 18.9. The van der Waals surface area contributed by atoms with Crippen molar-refractivity contribution >= 4 is 34.9 Å². The molecule has 1 aromatic heterocycles. The lowest BCUT2D eigenvalue weighted by Gasteiger charge is -2.05. The van der Waals surface area contributed by atoms with Gasteiger partial charge in [0, 0.05) is 19.0 Å². The number of hydrogen-bond donors (Lipinski definition) is 2. The van der Waals surface area contributed by atoms with Crippen LogP contribution in [0.3, 0.4) is 0 Å². The maximum absolute atomic E-state index is 11.4. The molecule has 0 fully saturated rings. The monoisotopic (exact) mass is 262 g/mol. The van der Waals surface area contributed by atoms with Gasteiger partial charge in [-0.25, -0.2) is 9.97 Å². The zero-order valence-corrected chi connectivity index (χ0v) is 10.3. The van der Waals surface area contributed by atoms with E-state index in [1.54, 1.807) is 0 Å². The van der Waals surface area contributed by atoms with E-state index in [0.29, 0.717) is 18.8 Å². The normalized spacial score (nSPS) is 10.2. The Labute approximate surface area is 104 Å². The number of nitrogens with zero attached hydrogens (tertiary/aromatic N) is 2. The molecule has 0 atom stereocenters. The number of rotatable bonds is 5. The molecule has 1 aromatic rings. The molecule has 5 nitrogen and oxygen atoms in total. The number of nitrogens with one attached hydrogen (secondary N) is 2. The van der Waals surface area contributed by atoms with Crippen LogP contribution in [0.1, 0.15) is 13.3 Å². The van der Waals surface area contributed by atoms with Gasteiger partial charge >= 0.3 is 0 Å². The minimum Gasteiger partial charge on any atom is -0.316 e. The molecule has 1 heterocycles. The van der Waals surface area contributed by atoms with Gasteiger partial charge in [-0.1, -0.05) is 18.5 Å². The van der Waals surface area contributed by atoms with Gasteiger partial charge in [-0.05, 0) is 18.1 Å². The zero-order chi connectivity index (χ0) is 12.0. The second-order valence-corrected chi connectivity index (χ2v) is 3.72. The van der Waals surface area contributed by atoms with Crippen molar-refractivity contribution in [2.45, 2.75) is 13.3 Å². The number of hydrogen-bond acceptors (Lipinski definition) is 4. The second kappa shape index (κ2) is 6.62. The molecule has 0 bridgehead atoms. The molecule has 1 rings (SSSR count). The summed E-state index contributed by atoms with van der Waals surface area (Å²) in [5.41, 5.74) is 0. The summed E-state index contributed by atoms with van der Waals surface area (Å²) in [5, 5.41) is 5.83. The Kier molecular flexibility index (Phi) is 5.45. The van der Waals surface area contributed by atoms with Crippen LogP contribution in [0.15, 0.2) is 6.07 Å². The van der Waals surface area contributed by atoms with E-state index in [1.165, 1.54) is 6.07 Å². The Balaban J connectivity index is 2.49. The second-order valence-electron chi connectivity index (χ2n) is 3.00. The molecule has 7 heteroatoms. The van der Waals surface area contributed by atoms with E-state index in [2.05, 4.69) is 20.6 Å². The molecule has 0 unspecified atom stereocenters. The van der Waals surface area contributed by atoms with E-state index >= 15 is 0 Å². The van der Waals surface area contributed by atoms with Gasteiger partial charge in [0.1, 0.15) is 11.0 Å². The van der Waals surface area contributed by atoms with Crippen molar-refractivity contribution in [2.24, 2.45) is 0 Å². The van der Waals surface area contributed by atoms with E-state index < -0.39 is 0 Å². The van der Waals surface area contributed by atoms with Gasteiger partial charge in [-0.2, -0.15) is 0 Å². The largest absolute Gasteiger partial charge is 0.316 e. The number of carbonyl (C=O) groups is 1. The van der Waals surface area contributed by atoms with Crippen LogP contribution in [0.2, 0.25) is 10.4 Å². The highest BCUT2D eigenvalue weighted by atomic mass is 35.5. The van der Waals surface area contributed by atoms with E-state index in [4.69, 9.17) is 23.2 Å². The maximum Gasteiger partial charge on any atom is 0.226 e. The lowest BCUT2D eigenvalue weighted by atomic mass is 10.4. The fourth-order valence-corrected chi connectivity index (χ4v) is 1.45. The van der Waals surface area contributed by atoms with Crippen LogP contribution in [0.25, 0.3) is 0 Å². The summed E-state index contributed by atoms with van der Waals surface area (Å²) in [6.07, 6.45) is 0.368. The van der Waals surface area contributed by atoms with Crippen LogP contribution in [-0.4, -0.2) is 29.0 Å². The van der Waals surface area contributed by atoms with Crippen LogP contribution in [0, 0.1) is 0 Å². The first-order chi connectivity index (χ1) is 7.61. The van der Waals surface area contributed by atoms with Crippen LogP contribution in [0.5, 0.6) is 0 Å². The highest BCUT2D eigenvalue weighted by Crippen LogP contribution is 2.14. The van der Waals surface area contributed by atoms with Gasteiger partial charge in [-0.3, -0.25) is 4.79 Å². The summed E-state index contributed by atoms with van der Waals surface area (Å²) < 4.78 is 0. The molecular formula is C9H12Cl2N4O. The van der Waals surface area contributed by atoms with Gasteiger partial charge < -0.3 is 10.6 Å². The lowest BCUT2D eigenvalue weighted by Crippen LogP contribution is -2.21. The number of anilines is 1. The molecule has 2 N–H and O–H groups in total. The molecule has 16 heavy (non-hydrogen) atoms. The maximum atomic E-state index is 11.4. The summed E-state index contributed by atoms with van der Waals surface area (Å²) in [5.74, 6) is 0.165. The molecule has 0 saturated heterocycles. The predicted octanol–water partition coefficient (Wildman–Crippen LogP) is 1.72. The summed E-state index contributed by atoms with van der Waals surface area (Å²) in [6.45, 7) is 3.43. The quantitative estimate of drug-likeness (QED) is 0.482. The van der Waals surface area contributed by atoms with E-state index in [9.17, 15) is 4.79 Å². The minimum absolute atomic E-state index is 0.00878. The van der Waals surface area contributed by atoms with Crippen molar-refractivity contribution in [3.63, 3.8) is 0 Å². The molecule has 1 amide bonds.